The Kier molecular flexibility index (Phi) is 4.58. The summed E-state index contributed by atoms with van der Waals surface area (Å²) in [7, 11) is 0. The van der Waals surface area contributed by atoms with Gasteiger partial charge in [-0.05, 0) is 42.0 Å². The Bertz CT molecular complexity index is 900. The van der Waals surface area contributed by atoms with Crippen LogP contribution >= 0.6 is 0 Å². The maximum Gasteiger partial charge on any atom is 0.0886 e. The van der Waals surface area contributed by atoms with Gasteiger partial charge in [-0.1, -0.05) is 43.5 Å². The van der Waals surface area contributed by atoms with Crippen molar-refractivity contribution in [1.82, 2.24) is 14.9 Å². The minimum atomic E-state index is 0.766. The molecule has 0 spiro atoms. The summed E-state index contributed by atoms with van der Waals surface area (Å²) in [4.78, 5) is 2.46. The third-order valence-corrected chi connectivity index (χ3v) is 6.26. The first-order valence-corrected chi connectivity index (χ1v) is 10.4. The molecule has 1 saturated carbocycles. The van der Waals surface area contributed by atoms with Crippen molar-refractivity contribution in [3.63, 3.8) is 0 Å². The second-order valence-corrected chi connectivity index (χ2v) is 7.97. The second kappa shape index (κ2) is 7.35. The fourth-order valence-electron chi connectivity index (χ4n) is 4.71. The quantitative estimate of drug-likeness (QED) is 0.748. The van der Waals surface area contributed by atoms with Crippen LogP contribution in [0.1, 0.15) is 43.6 Å². The molecule has 0 radical (unpaired) electrons. The Morgan fingerprint density at radius 1 is 0.889 bits per heavy atom. The predicted octanol–water partition coefficient (Wildman–Crippen LogP) is 4.46. The van der Waals surface area contributed by atoms with E-state index in [4.69, 9.17) is 0 Å². The summed E-state index contributed by atoms with van der Waals surface area (Å²) < 4.78 is 2.03. The first kappa shape index (κ1) is 16.8. The van der Waals surface area contributed by atoms with Crippen molar-refractivity contribution >= 4 is 11.2 Å². The number of rotatable bonds is 3. The highest BCUT2D eigenvalue weighted by Crippen LogP contribution is 2.34. The molecule has 2 aliphatic rings. The summed E-state index contributed by atoms with van der Waals surface area (Å²) >= 11 is 0. The van der Waals surface area contributed by atoms with Crippen LogP contribution in [0.5, 0.6) is 0 Å². The van der Waals surface area contributed by atoms with Crippen molar-refractivity contribution in [3.8, 4) is 11.1 Å². The molecule has 3 aromatic rings. The Balaban J connectivity index is 1.44. The molecule has 1 N–H and O–H groups in total. The van der Waals surface area contributed by atoms with Crippen LogP contribution in [-0.2, 0) is 0 Å². The van der Waals surface area contributed by atoms with Crippen molar-refractivity contribution in [2.24, 2.45) is 0 Å². The number of benzene rings is 1. The standard InChI is InChI=1S/C23H28N4/c1-2-4-18(5-3-1)19-6-8-20(9-7-19)21-16-23-22(10-11-25-27(23)17-21)26-14-12-24-13-15-26/h6-11,16-18,24H,1-5,12-15H2. The summed E-state index contributed by atoms with van der Waals surface area (Å²) in [6.45, 7) is 4.20. The third kappa shape index (κ3) is 3.34. The molecule has 2 fully saturated rings. The van der Waals surface area contributed by atoms with E-state index in [0.29, 0.717) is 0 Å². The van der Waals surface area contributed by atoms with Crippen molar-refractivity contribution in [1.29, 1.82) is 0 Å². The first-order chi connectivity index (χ1) is 13.4. The molecule has 0 atom stereocenters. The third-order valence-electron chi connectivity index (χ3n) is 6.26. The molecular weight excluding hydrogens is 332 g/mol. The topological polar surface area (TPSA) is 32.6 Å². The van der Waals surface area contributed by atoms with Crippen LogP contribution in [0.2, 0.25) is 0 Å². The van der Waals surface area contributed by atoms with E-state index >= 15 is 0 Å². The zero-order chi connectivity index (χ0) is 18.1. The molecule has 0 bridgehead atoms. The van der Waals surface area contributed by atoms with Crippen LogP contribution in [0.15, 0.2) is 48.8 Å². The largest absolute Gasteiger partial charge is 0.367 e. The summed E-state index contributed by atoms with van der Waals surface area (Å²) in [6.07, 6.45) is 11.0. The van der Waals surface area contributed by atoms with Crippen LogP contribution in [0.3, 0.4) is 0 Å². The van der Waals surface area contributed by atoms with Crippen LogP contribution in [-0.4, -0.2) is 35.8 Å². The zero-order valence-electron chi connectivity index (χ0n) is 15.9. The fraction of sp³-hybridized carbons (Fsp3) is 0.435. The minimum absolute atomic E-state index is 0.766. The average Bonchev–Trinajstić information content (AvgIpc) is 3.19. The van der Waals surface area contributed by atoms with Crippen molar-refractivity contribution in [2.45, 2.75) is 38.0 Å². The molecule has 4 heteroatoms. The molecule has 1 aromatic carbocycles. The SMILES string of the molecule is c1cc(N2CCNCC2)c2cc(-c3ccc(C4CCCCC4)cc3)cn2n1. The van der Waals surface area contributed by atoms with E-state index in [9.17, 15) is 0 Å². The molecule has 3 heterocycles. The number of fused-ring (bicyclic) bond motifs is 1. The van der Waals surface area contributed by atoms with Crippen LogP contribution < -0.4 is 10.2 Å². The Morgan fingerprint density at radius 3 is 2.44 bits per heavy atom. The number of nitrogens with zero attached hydrogens (tertiary/aromatic N) is 3. The fourth-order valence-corrected chi connectivity index (χ4v) is 4.71. The molecule has 140 valence electrons. The van der Waals surface area contributed by atoms with Crippen LogP contribution in [0.25, 0.3) is 16.6 Å². The van der Waals surface area contributed by atoms with Crippen molar-refractivity contribution in [2.75, 3.05) is 31.1 Å². The highest BCUT2D eigenvalue weighted by molar-refractivity contribution is 5.80. The Morgan fingerprint density at radius 2 is 1.67 bits per heavy atom. The number of piperazine rings is 1. The molecule has 1 aliphatic carbocycles. The number of anilines is 1. The van der Waals surface area contributed by atoms with E-state index in [0.717, 1.165) is 32.1 Å². The lowest BCUT2D eigenvalue weighted by Crippen LogP contribution is -2.43. The van der Waals surface area contributed by atoms with Gasteiger partial charge in [0.25, 0.3) is 0 Å². The summed E-state index contributed by atoms with van der Waals surface area (Å²) in [5, 5.41) is 7.98. The van der Waals surface area contributed by atoms with Gasteiger partial charge >= 0.3 is 0 Å². The van der Waals surface area contributed by atoms with Crippen molar-refractivity contribution < 1.29 is 0 Å². The smallest absolute Gasteiger partial charge is 0.0886 e. The molecule has 0 unspecified atom stereocenters. The number of hydrogen-bond acceptors (Lipinski definition) is 3. The van der Waals surface area contributed by atoms with Gasteiger partial charge in [-0.25, -0.2) is 4.52 Å². The lowest BCUT2D eigenvalue weighted by Gasteiger charge is -2.29. The molecule has 2 aromatic heterocycles. The van der Waals surface area contributed by atoms with Gasteiger partial charge in [-0.2, -0.15) is 5.10 Å². The van der Waals surface area contributed by atoms with Gasteiger partial charge in [0.1, 0.15) is 0 Å². The number of nitrogens with one attached hydrogen (secondary N) is 1. The lowest BCUT2D eigenvalue weighted by molar-refractivity contribution is 0.443. The van der Waals surface area contributed by atoms with Gasteiger partial charge in [-0.15, -0.1) is 0 Å². The van der Waals surface area contributed by atoms with E-state index in [2.05, 4.69) is 57.9 Å². The second-order valence-electron chi connectivity index (χ2n) is 7.97. The predicted molar refractivity (Wildman–Crippen MR) is 112 cm³/mol. The molecular formula is C23H28N4. The average molecular weight is 361 g/mol. The monoisotopic (exact) mass is 360 g/mol. The molecule has 27 heavy (non-hydrogen) atoms. The van der Waals surface area contributed by atoms with Gasteiger partial charge in [0.2, 0.25) is 0 Å². The van der Waals surface area contributed by atoms with Crippen molar-refractivity contribution in [3.05, 3.63) is 54.4 Å². The molecule has 4 nitrogen and oxygen atoms in total. The normalized spacial score (nSPS) is 18.9. The van der Waals surface area contributed by atoms with Crippen LogP contribution in [0, 0.1) is 0 Å². The molecule has 0 amide bonds. The zero-order valence-corrected chi connectivity index (χ0v) is 15.9. The summed E-state index contributed by atoms with van der Waals surface area (Å²) in [5.74, 6) is 0.766. The van der Waals surface area contributed by atoms with E-state index in [1.54, 1.807) is 0 Å². The number of hydrogen-bond donors (Lipinski definition) is 1. The summed E-state index contributed by atoms with van der Waals surface area (Å²) in [5.41, 5.74) is 6.54. The van der Waals surface area contributed by atoms with Gasteiger partial charge in [0.15, 0.2) is 0 Å². The van der Waals surface area contributed by atoms with E-state index in [-0.39, 0.29) is 0 Å². The maximum absolute atomic E-state index is 4.55. The van der Waals surface area contributed by atoms with Gasteiger partial charge in [0.05, 0.1) is 11.2 Å². The Labute approximate surface area is 161 Å². The maximum atomic E-state index is 4.55. The van der Waals surface area contributed by atoms with E-state index < -0.39 is 0 Å². The Hall–Kier alpha value is -2.33. The van der Waals surface area contributed by atoms with E-state index in [1.807, 2.05) is 10.7 Å². The molecule has 1 aliphatic heterocycles. The molecule has 5 rings (SSSR count). The lowest BCUT2D eigenvalue weighted by atomic mass is 9.84. The van der Waals surface area contributed by atoms with Gasteiger partial charge in [-0.3, -0.25) is 0 Å². The first-order valence-electron chi connectivity index (χ1n) is 10.4. The van der Waals surface area contributed by atoms with E-state index in [1.165, 1.54) is 60.0 Å². The summed E-state index contributed by atoms with van der Waals surface area (Å²) in [6, 6.07) is 13.7. The van der Waals surface area contributed by atoms with Gasteiger partial charge < -0.3 is 10.2 Å². The highest BCUT2D eigenvalue weighted by Gasteiger charge is 2.17. The molecule has 1 saturated heterocycles. The highest BCUT2D eigenvalue weighted by atomic mass is 15.2. The van der Waals surface area contributed by atoms with Crippen LogP contribution in [0.4, 0.5) is 5.69 Å². The number of aromatic nitrogens is 2. The van der Waals surface area contributed by atoms with Gasteiger partial charge in [0, 0.05) is 44.1 Å². The minimum Gasteiger partial charge on any atom is -0.367 e.